The van der Waals surface area contributed by atoms with E-state index in [1.807, 2.05) is 0 Å². The number of nitrogens with one attached hydrogen (secondary N) is 1. The Kier molecular flexibility index (Phi) is 8.94. The molecule has 0 radical (unpaired) electrons. The highest BCUT2D eigenvalue weighted by Crippen LogP contribution is 2.43. The van der Waals surface area contributed by atoms with Crippen LogP contribution < -0.4 is 5.32 Å². The summed E-state index contributed by atoms with van der Waals surface area (Å²) in [6.07, 6.45) is -0.608. The first-order chi connectivity index (χ1) is 11.4. The van der Waals surface area contributed by atoms with Crippen molar-refractivity contribution in [1.29, 1.82) is 0 Å². The van der Waals surface area contributed by atoms with Gasteiger partial charge in [0.1, 0.15) is 5.82 Å². The lowest BCUT2D eigenvalue weighted by Gasteiger charge is -2.39. The van der Waals surface area contributed by atoms with Crippen molar-refractivity contribution >= 4 is 36.4 Å². The SMILES string of the molecule is Cl.Cl.Fc1c(Cl)cc(C(F)(F)F)cc1[C@@H](C1CCCC1)N1CCNCC1. The van der Waals surface area contributed by atoms with E-state index in [1.165, 1.54) is 0 Å². The molecule has 1 saturated carbocycles. The first-order valence-corrected chi connectivity index (χ1v) is 8.76. The van der Waals surface area contributed by atoms with Crippen LogP contribution in [0.5, 0.6) is 0 Å². The number of alkyl halides is 3. The van der Waals surface area contributed by atoms with E-state index in [0.29, 0.717) is 19.2 Å². The second kappa shape index (κ2) is 9.78. The normalized spacial score (nSPS) is 20.3. The average Bonchev–Trinajstić information content (AvgIpc) is 3.05. The molecule has 0 unspecified atom stereocenters. The number of rotatable bonds is 3. The molecule has 1 aromatic carbocycles. The van der Waals surface area contributed by atoms with Gasteiger partial charge in [-0.25, -0.2) is 4.39 Å². The van der Waals surface area contributed by atoms with Gasteiger partial charge in [0.2, 0.25) is 0 Å². The van der Waals surface area contributed by atoms with E-state index in [1.54, 1.807) is 0 Å². The molecule has 1 aliphatic carbocycles. The highest BCUT2D eigenvalue weighted by atomic mass is 35.5. The Morgan fingerprint density at radius 3 is 2.19 bits per heavy atom. The van der Waals surface area contributed by atoms with Gasteiger partial charge in [-0.05, 0) is 30.9 Å². The number of nitrogens with zero attached hydrogens (tertiary/aromatic N) is 1. The number of hydrogen-bond acceptors (Lipinski definition) is 2. The van der Waals surface area contributed by atoms with E-state index in [-0.39, 0.29) is 42.3 Å². The molecule has 2 nitrogen and oxygen atoms in total. The molecule has 1 atom stereocenters. The smallest absolute Gasteiger partial charge is 0.314 e. The first kappa shape index (κ1) is 23.8. The van der Waals surface area contributed by atoms with Crippen LogP contribution in [0.1, 0.15) is 42.9 Å². The zero-order valence-electron chi connectivity index (χ0n) is 14.1. The van der Waals surface area contributed by atoms with E-state index in [0.717, 1.165) is 44.8 Å². The lowest BCUT2D eigenvalue weighted by atomic mass is 9.88. The molecule has 0 aromatic heterocycles. The zero-order valence-corrected chi connectivity index (χ0v) is 16.5. The molecule has 1 N–H and O–H groups in total. The third kappa shape index (κ3) is 5.16. The van der Waals surface area contributed by atoms with Gasteiger partial charge in [-0.15, -0.1) is 24.8 Å². The fraction of sp³-hybridized carbons (Fsp3) is 0.647. The summed E-state index contributed by atoms with van der Waals surface area (Å²) in [5.74, 6) is -0.530. The van der Waals surface area contributed by atoms with Gasteiger partial charge in [0, 0.05) is 37.8 Å². The van der Waals surface area contributed by atoms with Crippen molar-refractivity contribution in [2.45, 2.75) is 37.9 Å². The van der Waals surface area contributed by atoms with Crippen LogP contribution in [0, 0.1) is 11.7 Å². The van der Waals surface area contributed by atoms with Crippen molar-refractivity contribution < 1.29 is 17.6 Å². The van der Waals surface area contributed by atoms with E-state index in [9.17, 15) is 17.6 Å². The Balaban J connectivity index is 0.00000169. The summed E-state index contributed by atoms with van der Waals surface area (Å²) in [5, 5.41) is 2.79. The number of halogens is 7. The summed E-state index contributed by atoms with van der Waals surface area (Å²) in [6, 6.07) is 1.31. The molecule has 0 amide bonds. The van der Waals surface area contributed by atoms with Crippen molar-refractivity contribution in [3.63, 3.8) is 0 Å². The van der Waals surface area contributed by atoms with Crippen molar-refractivity contribution in [2.75, 3.05) is 26.2 Å². The van der Waals surface area contributed by atoms with Crippen LogP contribution in [0.25, 0.3) is 0 Å². The van der Waals surface area contributed by atoms with Gasteiger partial charge < -0.3 is 5.32 Å². The summed E-state index contributed by atoms with van der Waals surface area (Å²) in [5.41, 5.74) is -0.773. The largest absolute Gasteiger partial charge is 0.416 e. The van der Waals surface area contributed by atoms with Crippen LogP contribution >= 0.6 is 36.4 Å². The highest BCUT2D eigenvalue weighted by molar-refractivity contribution is 6.30. The van der Waals surface area contributed by atoms with E-state index in [4.69, 9.17) is 11.6 Å². The van der Waals surface area contributed by atoms with E-state index in [2.05, 4.69) is 10.2 Å². The minimum absolute atomic E-state index is 0. The van der Waals surface area contributed by atoms with Gasteiger partial charge in [0.05, 0.1) is 10.6 Å². The number of benzene rings is 1. The van der Waals surface area contributed by atoms with Crippen LogP contribution in [0.3, 0.4) is 0 Å². The van der Waals surface area contributed by atoms with Gasteiger partial charge in [0.25, 0.3) is 0 Å². The Bertz CT molecular complexity index is 586. The minimum Gasteiger partial charge on any atom is -0.314 e. The second-order valence-electron chi connectivity index (χ2n) is 6.63. The van der Waals surface area contributed by atoms with Gasteiger partial charge in [-0.3, -0.25) is 4.90 Å². The summed E-state index contributed by atoms with van der Waals surface area (Å²) < 4.78 is 54.2. The van der Waals surface area contributed by atoms with Gasteiger partial charge in [-0.2, -0.15) is 13.2 Å². The zero-order chi connectivity index (χ0) is 17.3. The van der Waals surface area contributed by atoms with Crippen molar-refractivity contribution in [3.05, 3.63) is 34.1 Å². The molecular weight excluding hydrogens is 415 g/mol. The Morgan fingerprint density at radius 2 is 1.65 bits per heavy atom. The maximum absolute atomic E-state index is 14.7. The van der Waals surface area contributed by atoms with Gasteiger partial charge in [-0.1, -0.05) is 24.4 Å². The quantitative estimate of drug-likeness (QED) is 0.630. The molecule has 1 aromatic rings. The summed E-state index contributed by atoms with van der Waals surface area (Å²) in [6.45, 7) is 2.93. The Hall–Kier alpha value is -0.270. The molecule has 150 valence electrons. The van der Waals surface area contributed by atoms with Crippen LogP contribution in [-0.2, 0) is 6.18 Å². The fourth-order valence-electron chi connectivity index (χ4n) is 3.97. The maximum Gasteiger partial charge on any atom is 0.416 e. The first-order valence-electron chi connectivity index (χ1n) is 8.39. The standard InChI is InChI=1S/C17H21ClF4N2.2ClH/c18-14-10-12(17(20,21)22)9-13(15(14)19)16(11-3-1-2-4-11)24-7-5-23-6-8-24;;/h9-11,16,23H,1-8H2;2*1H/t16-;;/m1../s1. The summed E-state index contributed by atoms with van der Waals surface area (Å²) >= 11 is 5.81. The van der Waals surface area contributed by atoms with Crippen molar-refractivity contribution in [1.82, 2.24) is 10.2 Å². The molecule has 0 bridgehead atoms. The topological polar surface area (TPSA) is 15.3 Å². The summed E-state index contributed by atoms with van der Waals surface area (Å²) in [4.78, 5) is 2.11. The average molecular weight is 438 g/mol. The molecular formula is C17H23Cl3F4N2. The lowest BCUT2D eigenvalue weighted by molar-refractivity contribution is -0.137. The molecule has 26 heavy (non-hydrogen) atoms. The predicted molar refractivity (Wildman–Crippen MR) is 100 cm³/mol. The third-order valence-electron chi connectivity index (χ3n) is 5.09. The van der Waals surface area contributed by atoms with Crippen molar-refractivity contribution in [2.24, 2.45) is 5.92 Å². The van der Waals surface area contributed by atoms with E-state index < -0.39 is 22.6 Å². The maximum atomic E-state index is 14.7. The molecule has 1 heterocycles. The predicted octanol–water partition coefficient (Wildman–Crippen LogP) is 5.48. The fourth-order valence-corrected chi connectivity index (χ4v) is 4.20. The van der Waals surface area contributed by atoms with E-state index >= 15 is 0 Å². The van der Waals surface area contributed by atoms with Crippen LogP contribution in [-0.4, -0.2) is 31.1 Å². The van der Waals surface area contributed by atoms with Gasteiger partial charge >= 0.3 is 6.18 Å². The molecule has 2 aliphatic rings. The molecule has 0 spiro atoms. The number of piperazine rings is 1. The van der Waals surface area contributed by atoms with Crippen LogP contribution in [0.4, 0.5) is 17.6 Å². The summed E-state index contributed by atoms with van der Waals surface area (Å²) in [7, 11) is 0. The third-order valence-corrected chi connectivity index (χ3v) is 5.37. The molecule has 1 aliphatic heterocycles. The molecule has 2 fully saturated rings. The van der Waals surface area contributed by atoms with Gasteiger partial charge in [0.15, 0.2) is 0 Å². The lowest BCUT2D eigenvalue weighted by Crippen LogP contribution is -2.47. The molecule has 1 saturated heterocycles. The number of hydrogen-bond donors (Lipinski definition) is 1. The van der Waals surface area contributed by atoms with Crippen LogP contribution in [0.2, 0.25) is 5.02 Å². The Labute approximate surface area is 168 Å². The minimum atomic E-state index is -4.53. The molecule has 9 heteroatoms. The van der Waals surface area contributed by atoms with Crippen LogP contribution in [0.15, 0.2) is 12.1 Å². The highest BCUT2D eigenvalue weighted by Gasteiger charge is 2.37. The van der Waals surface area contributed by atoms with Crippen molar-refractivity contribution in [3.8, 4) is 0 Å². The second-order valence-corrected chi connectivity index (χ2v) is 7.04. The monoisotopic (exact) mass is 436 g/mol. The Morgan fingerprint density at radius 1 is 1.08 bits per heavy atom. The molecule has 3 rings (SSSR count).